The van der Waals surface area contributed by atoms with Crippen LogP contribution in [0.3, 0.4) is 0 Å². The first-order valence-electron chi connectivity index (χ1n) is 5.61. The number of pyridine rings is 1. The average Bonchev–Trinajstić information content (AvgIpc) is 2.37. The number of nitrogen functional groups attached to an aromatic ring is 1. The minimum atomic E-state index is -0.245. The number of aryl methyl sites for hydroxylation is 1. The summed E-state index contributed by atoms with van der Waals surface area (Å²) in [6.07, 6.45) is 1.47. The Bertz CT molecular complexity index is 488. The van der Waals surface area contributed by atoms with Gasteiger partial charge in [0.2, 0.25) is 5.91 Å². The van der Waals surface area contributed by atoms with Crippen molar-refractivity contribution >= 4 is 17.5 Å². The Kier molecular flexibility index (Phi) is 3.42. The predicted octanol–water partition coefficient (Wildman–Crippen LogP) is -0.752. The number of rotatable bonds is 2. The highest BCUT2D eigenvalue weighted by molar-refractivity contribution is 6.01. The van der Waals surface area contributed by atoms with Gasteiger partial charge < -0.3 is 15.6 Å². The molecule has 2 amide bonds. The van der Waals surface area contributed by atoms with E-state index in [2.05, 4.69) is 15.7 Å². The molecule has 1 fully saturated rings. The summed E-state index contributed by atoms with van der Waals surface area (Å²) in [4.78, 5) is 29.1. The van der Waals surface area contributed by atoms with Crippen LogP contribution in [-0.4, -0.2) is 41.3 Å². The monoisotopic (exact) mass is 249 g/mol. The first kappa shape index (κ1) is 12.3. The van der Waals surface area contributed by atoms with Gasteiger partial charge >= 0.3 is 0 Å². The maximum atomic E-state index is 12.2. The number of nitrogens with two attached hydrogens (primary N) is 1. The van der Waals surface area contributed by atoms with Gasteiger partial charge in [-0.05, 0) is 13.0 Å². The molecule has 1 aliphatic heterocycles. The van der Waals surface area contributed by atoms with Crippen LogP contribution in [0.15, 0.2) is 12.3 Å². The van der Waals surface area contributed by atoms with Crippen molar-refractivity contribution in [2.24, 2.45) is 5.84 Å². The molecule has 0 unspecified atom stereocenters. The second-order valence-corrected chi connectivity index (χ2v) is 4.09. The molecule has 2 rings (SSSR count). The van der Waals surface area contributed by atoms with Gasteiger partial charge in [-0.25, -0.2) is 0 Å². The molecule has 0 atom stereocenters. The topological polar surface area (TPSA) is 100 Å². The molecule has 0 saturated carbocycles. The van der Waals surface area contributed by atoms with Crippen LogP contribution >= 0.6 is 0 Å². The van der Waals surface area contributed by atoms with Gasteiger partial charge in [0.25, 0.3) is 5.91 Å². The number of nitrogens with one attached hydrogen (secondary N) is 2. The number of hydrogen-bond donors (Lipinski definition) is 3. The standard InChI is InChI=1S/C11H15N5O2/c1-7-4-9(15-12)8(5-14-7)11(18)16-3-2-13-10(17)6-16/h4-5H,2-3,6,12H2,1H3,(H,13,17)(H,14,15). The number of carbonyl (C=O) groups is 2. The van der Waals surface area contributed by atoms with Gasteiger partial charge in [-0.15, -0.1) is 0 Å². The van der Waals surface area contributed by atoms with Crippen LogP contribution in [-0.2, 0) is 4.79 Å². The fraction of sp³-hybridized carbons (Fsp3) is 0.364. The molecule has 1 aliphatic rings. The van der Waals surface area contributed by atoms with E-state index in [9.17, 15) is 9.59 Å². The molecule has 0 bridgehead atoms. The second-order valence-electron chi connectivity index (χ2n) is 4.09. The normalized spacial score (nSPS) is 15.2. The van der Waals surface area contributed by atoms with Gasteiger partial charge in [-0.3, -0.25) is 20.4 Å². The summed E-state index contributed by atoms with van der Waals surface area (Å²) in [5.74, 6) is 4.99. The Morgan fingerprint density at radius 3 is 3.06 bits per heavy atom. The molecule has 96 valence electrons. The number of piperazine rings is 1. The zero-order valence-corrected chi connectivity index (χ0v) is 10.1. The SMILES string of the molecule is Cc1cc(NN)c(C(=O)N2CCNC(=O)C2)cn1. The van der Waals surface area contributed by atoms with Gasteiger partial charge in [0, 0.05) is 25.0 Å². The molecule has 0 radical (unpaired) electrons. The maximum absolute atomic E-state index is 12.2. The van der Waals surface area contributed by atoms with Crippen molar-refractivity contribution in [1.82, 2.24) is 15.2 Å². The highest BCUT2D eigenvalue weighted by Crippen LogP contribution is 2.17. The van der Waals surface area contributed by atoms with Crippen LogP contribution in [0.5, 0.6) is 0 Å². The van der Waals surface area contributed by atoms with Crippen LogP contribution in [0.25, 0.3) is 0 Å². The van der Waals surface area contributed by atoms with Crippen molar-refractivity contribution in [2.75, 3.05) is 25.1 Å². The van der Waals surface area contributed by atoms with Gasteiger partial charge in [-0.2, -0.15) is 0 Å². The molecule has 7 heteroatoms. The fourth-order valence-corrected chi connectivity index (χ4v) is 1.83. The van der Waals surface area contributed by atoms with E-state index in [1.165, 1.54) is 11.1 Å². The Balaban J connectivity index is 2.25. The lowest BCUT2D eigenvalue weighted by atomic mass is 10.1. The number of amides is 2. The summed E-state index contributed by atoms with van der Waals surface area (Å²) in [5, 5.41) is 2.67. The largest absolute Gasteiger partial charge is 0.353 e. The molecule has 0 spiro atoms. The third-order valence-corrected chi connectivity index (χ3v) is 2.75. The first-order chi connectivity index (χ1) is 8.61. The molecule has 18 heavy (non-hydrogen) atoms. The molecule has 4 N–H and O–H groups in total. The molecule has 7 nitrogen and oxygen atoms in total. The van der Waals surface area contributed by atoms with Crippen molar-refractivity contribution < 1.29 is 9.59 Å². The quantitative estimate of drug-likeness (QED) is 0.473. The van der Waals surface area contributed by atoms with Crippen molar-refractivity contribution in [3.8, 4) is 0 Å². The molecule has 2 heterocycles. The van der Waals surface area contributed by atoms with E-state index in [4.69, 9.17) is 5.84 Å². The Morgan fingerprint density at radius 1 is 1.61 bits per heavy atom. The second kappa shape index (κ2) is 5.01. The Morgan fingerprint density at radius 2 is 2.39 bits per heavy atom. The van der Waals surface area contributed by atoms with Crippen molar-refractivity contribution in [3.05, 3.63) is 23.5 Å². The van der Waals surface area contributed by atoms with Crippen LogP contribution in [0.4, 0.5) is 5.69 Å². The van der Waals surface area contributed by atoms with E-state index in [0.29, 0.717) is 24.3 Å². The average molecular weight is 249 g/mol. The Labute approximate surface area is 104 Å². The van der Waals surface area contributed by atoms with E-state index in [-0.39, 0.29) is 18.4 Å². The lowest BCUT2D eigenvalue weighted by molar-refractivity contribution is -0.123. The number of hydrogen-bond acceptors (Lipinski definition) is 5. The summed E-state index contributed by atoms with van der Waals surface area (Å²) in [6, 6.07) is 1.69. The zero-order chi connectivity index (χ0) is 13.1. The summed E-state index contributed by atoms with van der Waals surface area (Å²) < 4.78 is 0. The number of anilines is 1. The molecule has 0 aromatic carbocycles. The van der Waals surface area contributed by atoms with E-state index in [1.54, 1.807) is 6.07 Å². The summed E-state index contributed by atoms with van der Waals surface area (Å²) in [7, 11) is 0. The van der Waals surface area contributed by atoms with Crippen molar-refractivity contribution in [2.45, 2.75) is 6.92 Å². The van der Waals surface area contributed by atoms with E-state index < -0.39 is 0 Å². The van der Waals surface area contributed by atoms with Crippen molar-refractivity contribution in [3.63, 3.8) is 0 Å². The van der Waals surface area contributed by atoms with E-state index in [0.717, 1.165) is 5.69 Å². The number of aromatic nitrogens is 1. The lowest BCUT2D eigenvalue weighted by Crippen LogP contribution is -2.50. The third kappa shape index (κ3) is 2.40. The molecule has 1 saturated heterocycles. The molecular formula is C11H15N5O2. The van der Waals surface area contributed by atoms with Crippen LogP contribution in [0.2, 0.25) is 0 Å². The van der Waals surface area contributed by atoms with Gasteiger partial charge in [-0.1, -0.05) is 0 Å². The summed E-state index contributed by atoms with van der Waals surface area (Å²) in [6.45, 7) is 2.83. The first-order valence-corrected chi connectivity index (χ1v) is 5.61. The van der Waals surface area contributed by atoms with Crippen LogP contribution in [0.1, 0.15) is 16.1 Å². The minimum absolute atomic E-state index is 0.0662. The van der Waals surface area contributed by atoms with Gasteiger partial charge in [0.15, 0.2) is 0 Å². The molecule has 1 aromatic rings. The minimum Gasteiger partial charge on any atom is -0.353 e. The smallest absolute Gasteiger partial charge is 0.258 e. The molecule has 1 aromatic heterocycles. The van der Waals surface area contributed by atoms with E-state index in [1.807, 2.05) is 6.92 Å². The number of nitrogens with zero attached hydrogens (tertiary/aromatic N) is 2. The number of hydrazine groups is 1. The van der Waals surface area contributed by atoms with Crippen LogP contribution < -0.4 is 16.6 Å². The lowest BCUT2D eigenvalue weighted by Gasteiger charge is -2.27. The molecule has 0 aliphatic carbocycles. The van der Waals surface area contributed by atoms with Crippen molar-refractivity contribution in [1.29, 1.82) is 0 Å². The number of carbonyl (C=O) groups excluding carboxylic acids is 2. The summed E-state index contributed by atoms with van der Waals surface area (Å²) >= 11 is 0. The zero-order valence-electron chi connectivity index (χ0n) is 10.1. The fourth-order valence-electron chi connectivity index (χ4n) is 1.83. The Hall–Kier alpha value is -2.15. The van der Waals surface area contributed by atoms with E-state index >= 15 is 0 Å². The van der Waals surface area contributed by atoms with Gasteiger partial charge in [0.05, 0.1) is 17.8 Å². The van der Waals surface area contributed by atoms with Crippen LogP contribution in [0, 0.1) is 6.92 Å². The summed E-state index contributed by atoms with van der Waals surface area (Å²) in [5.41, 5.74) is 4.13. The molecular weight excluding hydrogens is 234 g/mol. The predicted molar refractivity (Wildman–Crippen MR) is 65.7 cm³/mol. The maximum Gasteiger partial charge on any atom is 0.258 e. The van der Waals surface area contributed by atoms with Gasteiger partial charge in [0.1, 0.15) is 0 Å². The highest BCUT2D eigenvalue weighted by atomic mass is 16.2. The highest BCUT2D eigenvalue weighted by Gasteiger charge is 2.24. The third-order valence-electron chi connectivity index (χ3n) is 2.75.